The Kier molecular flexibility index (Phi) is 4.50. The summed E-state index contributed by atoms with van der Waals surface area (Å²) in [6, 6.07) is 5.20. The van der Waals surface area contributed by atoms with Crippen molar-refractivity contribution < 1.29 is 14.3 Å². The summed E-state index contributed by atoms with van der Waals surface area (Å²) in [7, 11) is 0. The molecule has 0 unspecified atom stereocenters. The van der Waals surface area contributed by atoms with E-state index in [2.05, 4.69) is 20.9 Å². The van der Waals surface area contributed by atoms with Crippen molar-refractivity contribution in [3.63, 3.8) is 0 Å². The van der Waals surface area contributed by atoms with Crippen molar-refractivity contribution >= 4 is 33.5 Å². The Bertz CT molecular complexity index is 632. The number of hydrogen-bond acceptors (Lipinski definition) is 3. The maximum Gasteiger partial charge on any atom is 0.373 e. The van der Waals surface area contributed by atoms with E-state index in [0.717, 1.165) is 4.47 Å². The fourth-order valence-corrected chi connectivity index (χ4v) is 2.70. The molecule has 0 saturated heterocycles. The van der Waals surface area contributed by atoms with E-state index in [4.69, 9.17) is 16.0 Å². The van der Waals surface area contributed by atoms with Crippen molar-refractivity contribution in [2.75, 3.05) is 0 Å². The molecule has 1 aromatic heterocycles. The van der Waals surface area contributed by atoms with Crippen LogP contribution in [0.15, 0.2) is 27.1 Å². The van der Waals surface area contributed by atoms with Crippen LogP contribution in [0, 0.1) is 5.92 Å². The van der Waals surface area contributed by atoms with Crippen LogP contribution in [0.25, 0.3) is 11.5 Å². The van der Waals surface area contributed by atoms with E-state index in [0.29, 0.717) is 22.7 Å². The molecule has 1 N–H and O–H groups in total. The highest BCUT2D eigenvalue weighted by molar-refractivity contribution is 9.10. The van der Waals surface area contributed by atoms with Crippen LogP contribution in [0.3, 0.4) is 0 Å². The second-order valence-electron chi connectivity index (χ2n) is 4.86. The Morgan fingerprint density at radius 3 is 2.70 bits per heavy atom. The van der Waals surface area contributed by atoms with Gasteiger partial charge >= 0.3 is 5.97 Å². The van der Waals surface area contributed by atoms with E-state index in [1.807, 2.05) is 13.8 Å². The Morgan fingerprint density at radius 1 is 1.45 bits per heavy atom. The molecule has 0 aliphatic heterocycles. The van der Waals surface area contributed by atoms with Crippen molar-refractivity contribution in [1.82, 2.24) is 4.98 Å². The lowest BCUT2D eigenvalue weighted by Crippen LogP contribution is -2.03. The second-order valence-corrected chi connectivity index (χ2v) is 6.21. The number of oxazole rings is 1. The number of aromatic carboxylic acids is 1. The molecule has 20 heavy (non-hydrogen) atoms. The highest BCUT2D eigenvalue weighted by Gasteiger charge is 2.21. The molecule has 0 amide bonds. The van der Waals surface area contributed by atoms with Gasteiger partial charge in [0, 0.05) is 15.1 Å². The summed E-state index contributed by atoms with van der Waals surface area (Å²) in [6.07, 6.45) is 0.548. The number of rotatable bonds is 4. The third-order valence-electron chi connectivity index (χ3n) is 2.60. The molecule has 1 heterocycles. The molecule has 6 heteroatoms. The number of hydrogen-bond donors (Lipinski definition) is 1. The smallest absolute Gasteiger partial charge is 0.373 e. The van der Waals surface area contributed by atoms with Crippen molar-refractivity contribution in [3.8, 4) is 11.5 Å². The maximum absolute atomic E-state index is 11.2. The van der Waals surface area contributed by atoms with Gasteiger partial charge in [0.25, 0.3) is 0 Å². The van der Waals surface area contributed by atoms with E-state index in [-0.39, 0.29) is 17.6 Å². The SMILES string of the molecule is CC(C)Cc1nc(-c2cc(Cl)cc(Br)c2)oc1C(=O)O. The topological polar surface area (TPSA) is 63.3 Å². The zero-order valence-electron chi connectivity index (χ0n) is 11.0. The van der Waals surface area contributed by atoms with Crippen LogP contribution in [0.2, 0.25) is 5.02 Å². The van der Waals surface area contributed by atoms with Crippen LogP contribution < -0.4 is 0 Å². The molecule has 0 radical (unpaired) electrons. The standard InChI is InChI=1S/C14H13BrClNO3/c1-7(2)3-11-12(14(18)19)20-13(17-11)8-4-9(15)6-10(16)5-8/h4-7H,3H2,1-2H3,(H,18,19). The zero-order valence-corrected chi connectivity index (χ0v) is 13.3. The van der Waals surface area contributed by atoms with Crippen LogP contribution in [-0.2, 0) is 6.42 Å². The Morgan fingerprint density at radius 2 is 2.15 bits per heavy atom. The first-order valence-corrected chi connectivity index (χ1v) is 7.23. The molecule has 0 aliphatic carbocycles. The second kappa shape index (κ2) is 5.97. The van der Waals surface area contributed by atoms with Gasteiger partial charge in [0.2, 0.25) is 11.7 Å². The monoisotopic (exact) mass is 357 g/mol. The quantitative estimate of drug-likeness (QED) is 0.863. The minimum atomic E-state index is -1.11. The molecule has 1 aromatic carbocycles. The number of carbonyl (C=O) groups is 1. The molecule has 0 spiro atoms. The Labute approximate surface area is 129 Å². The number of benzene rings is 1. The van der Waals surface area contributed by atoms with Crippen LogP contribution in [0.5, 0.6) is 0 Å². The van der Waals surface area contributed by atoms with Gasteiger partial charge in [-0.1, -0.05) is 41.4 Å². The molecule has 0 bridgehead atoms. The van der Waals surface area contributed by atoms with Crippen LogP contribution in [0.4, 0.5) is 0 Å². The fourth-order valence-electron chi connectivity index (χ4n) is 1.84. The molecule has 0 atom stereocenters. The number of carboxylic acids is 1. The zero-order chi connectivity index (χ0) is 14.9. The molecule has 2 aromatic rings. The molecule has 2 rings (SSSR count). The van der Waals surface area contributed by atoms with Gasteiger partial charge in [-0.3, -0.25) is 0 Å². The van der Waals surface area contributed by atoms with Gasteiger partial charge in [-0.05, 0) is 30.5 Å². The van der Waals surface area contributed by atoms with Crippen molar-refractivity contribution in [2.45, 2.75) is 20.3 Å². The average Bonchev–Trinajstić information content (AvgIpc) is 2.70. The van der Waals surface area contributed by atoms with Gasteiger partial charge in [-0.25, -0.2) is 9.78 Å². The summed E-state index contributed by atoms with van der Waals surface area (Å²) in [6.45, 7) is 3.99. The number of aromatic nitrogens is 1. The van der Waals surface area contributed by atoms with E-state index in [1.54, 1.807) is 18.2 Å². The molecule has 0 saturated carbocycles. The van der Waals surface area contributed by atoms with Crippen molar-refractivity contribution in [1.29, 1.82) is 0 Å². The summed E-state index contributed by atoms with van der Waals surface area (Å²) in [5.74, 6) is -0.663. The highest BCUT2D eigenvalue weighted by atomic mass is 79.9. The summed E-state index contributed by atoms with van der Waals surface area (Å²) >= 11 is 9.31. The number of nitrogens with zero attached hydrogens (tertiary/aromatic N) is 1. The minimum absolute atomic E-state index is 0.107. The lowest BCUT2D eigenvalue weighted by Gasteiger charge is -2.00. The normalized spacial score (nSPS) is 11.1. The highest BCUT2D eigenvalue weighted by Crippen LogP contribution is 2.29. The van der Waals surface area contributed by atoms with Gasteiger partial charge in [-0.15, -0.1) is 0 Å². The predicted molar refractivity (Wildman–Crippen MR) is 80.2 cm³/mol. The van der Waals surface area contributed by atoms with Crippen LogP contribution in [-0.4, -0.2) is 16.1 Å². The summed E-state index contributed by atoms with van der Waals surface area (Å²) in [5, 5.41) is 9.70. The summed E-state index contributed by atoms with van der Waals surface area (Å²) in [4.78, 5) is 15.5. The van der Waals surface area contributed by atoms with Gasteiger partial charge in [0.15, 0.2) is 0 Å². The first-order chi connectivity index (χ1) is 9.36. The van der Waals surface area contributed by atoms with Gasteiger partial charge < -0.3 is 9.52 Å². The van der Waals surface area contributed by atoms with Gasteiger partial charge in [-0.2, -0.15) is 0 Å². The van der Waals surface area contributed by atoms with Crippen molar-refractivity contribution in [2.24, 2.45) is 5.92 Å². The van der Waals surface area contributed by atoms with Gasteiger partial charge in [0.05, 0.1) is 5.69 Å². The largest absolute Gasteiger partial charge is 0.475 e. The molecule has 0 fully saturated rings. The molecule has 106 valence electrons. The van der Waals surface area contributed by atoms with Crippen LogP contribution >= 0.6 is 27.5 Å². The Hall–Kier alpha value is -1.33. The average molecular weight is 359 g/mol. The predicted octanol–water partition coefficient (Wildman–Crippen LogP) is 4.65. The summed E-state index contributed by atoms with van der Waals surface area (Å²) in [5.41, 5.74) is 1.10. The molecule has 0 aliphatic rings. The number of carboxylic acid groups (broad SMARTS) is 1. The lowest BCUT2D eigenvalue weighted by atomic mass is 10.1. The minimum Gasteiger partial charge on any atom is -0.475 e. The first kappa shape index (κ1) is 15.1. The van der Waals surface area contributed by atoms with E-state index >= 15 is 0 Å². The van der Waals surface area contributed by atoms with Crippen LogP contribution in [0.1, 0.15) is 30.1 Å². The van der Waals surface area contributed by atoms with E-state index < -0.39 is 5.97 Å². The summed E-state index contributed by atoms with van der Waals surface area (Å²) < 4.78 is 6.16. The Balaban J connectivity index is 2.49. The van der Waals surface area contributed by atoms with Gasteiger partial charge in [0.1, 0.15) is 0 Å². The third-order valence-corrected chi connectivity index (χ3v) is 3.28. The molecular weight excluding hydrogens is 346 g/mol. The molecule has 4 nitrogen and oxygen atoms in total. The first-order valence-electron chi connectivity index (χ1n) is 6.06. The maximum atomic E-state index is 11.2. The van der Waals surface area contributed by atoms with Crippen molar-refractivity contribution in [3.05, 3.63) is 39.1 Å². The lowest BCUT2D eigenvalue weighted by molar-refractivity contribution is 0.0661. The van der Waals surface area contributed by atoms with E-state index in [9.17, 15) is 9.90 Å². The molecular formula is C14H13BrClNO3. The fraction of sp³-hybridized carbons (Fsp3) is 0.286. The number of halogens is 2. The van der Waals surface area contributed by atoms with E-state index in [1.165, 1.54) is 0 Å². The third kappa shape index (κ3) is 3.41.